The molecule has 43 heavy (non-hydrogen) atoms. The summed E-state index contributed by atoms with van der Waals surface area (Å²) in [5.74, 6) is -2.15. The molecule has 1 fully saturated rings. The molecule has 0 saturated carbocycles. The van der Waals surface area contributed by atoms with E-state index >= 15 is 4.39 Å². The highest BCUT2D eigenvalue weighted by Gasteiger charge is 2.39. The Kier molecular flexibility index (Phi) is 7.68. The van der Waals surface area contributed by atoms with Crippen molar-refractivity contribution in [3.05, 3.63) is 41.0 Å². The fourth-order valence-corrected chi connectivity index (χ4v) is 6.48. The van der Waals surface area contributed by atoms with Crippen molar-refractivity contribution in [2.45, 2.75) is 25.6 Å². The normalized spacial score (nSPS) is 15.3. The number of alkyl halides is 3. The summed E-state index contributed by atoms with van der Waals surface area (Å²) >= 11 is 0.688. The maximum atomic E-state index is 16.6. The number of rotatable bonds is 5. The van der Waals surface area contributed by atoms with Gasteiger partial charge in [-0.25, -0.2) is 13.6 Å². The van der Waals surface area contributed by atoms with Gasteiger partial charge in [0, 0.05) is 56.1 Å². The molecule has 0 radical (unpaired) electrons. The first-order chi connectivity index (χ1) is 20.3. The number of nitriles is 1. The molecular weight excluding hydrogens is 593 g/mol. The van der Waals surface area contributed by atoms with Gasteiger partial charge >= 0.3 is 18.2 Å². The van der Waals surface area contributed by atoms with Crippen LogP contribution < -0.4 is 15.4 Å². The molecule has 9 nitrogen and oxygen atoms in total. The summed E-state index contributed by atoms with van der Waals surface area (Å²) in [4.78, 5) is 25.7. The van der Waals surface area contributed by atoms with Gasteiger partial charge in [0.2, 0.25) is 0 Å². The number of nitrogens with zero attached hydrogens (tertiary/aromatic N) is 6. The number of thiophene rings is 1. The SMILES string of the molecule is CCN(c1nc(OC)nc2c(F)c(-c3ccc(F)c4sc(N)c(C#N)c34)c(C(F)(F)F)cc12)C1CCN(C(=O)N(C)C)C1. The number of nitrogen functional groups attached to an aromatic ring is 1. The van der Waals surface area contributed by atoms with Crippen molar-refractivity contribution in [1.82, 2.24) is 19.8 Å². The quantitative estimate of drug-likeness (QED) is 0.279. The molecule has 2 N–H and O–H groups in total. The fraction of sp³-hybridized carbons (Fsp3) is 0.357. The number of fused-ring (bicyclic) bond motifs is 2. The molecule has 4 aromatic rings. The lowest BCUT2D eigenvalue weighted by Crippen LogP contribution is -2.42. The number of anilines is 2. The molecule has 2 aromatic carbocycles. The minimum absolute atomic E-state index is 0.00574. The highest BCUT2D eigenvalue weighted by Crippen LogP contribution is 2.48. The van der Waals surface area contributed by atoms with Gasteiger partial charge in [0.1, 0.15) is 28.2 Å². The first-order valence-corrected chi connectivity index (χ1v) is 13.9. The van der Waals surface area contributed by atoms with Crippen molar-refractivity contribution < 1.29 is 31.5 Å². The molecule has 0 spiro atoms. The molecule has 0 aliphatic carbocycles. The summed E-state index contributed by atoms with van der Waals surface area (Å²) < 4.78 is 80.5. The van der Waals surface area contributed by atoms with E-state index in [1.807, 2.05) is 0 Å². The number of aromatic nitrogens is 2. The minimum Gasteiger partial charge on any atom is -0.467 e. The summed E-state index contributed by atoms with van der Waals surface area (Å²) in [6.45, 7) is 2.73. The monoisotopic (exact) mass is 619 g/mol. The molecule has 3 heterocycles. The molecule has 2 aromatic heterocycles. The van der Waals surface area contributed by atoms with Crippen LogP contribution in [0.2, 0.25) is 0 Å². The number of likely N-dealkylation sites (tertiary alicyclic amines) is 1. The van der Waals surface area contributed by atoms with Gasteiger partial charge in [0.15, 0.2) is 5.82 Å². The average molecular weight is 620 g/mol. The third-order valence-corrected chi connectivity index (χ3v) is 8.47. The lowest BCUT2D eigenvalue weighted by atomic mass is 9.92. The Morgan fingerprint density at radius 2 is 2.00 bits per heavy atom. The van der Waals surface area contributed by atoms with E-state index in [1.165, 1.54) is 12.0 Å². The molecule has 1 saturated heterocycles. The number of methoxy groups -OCH3 is 1. The molecular formula is C28H26F5N7O2S. The number of ether oxygens (including phenoxy) is 1. The average Bonchev–Trinajstić information content (AvgIpc) is 3.58. The van der Waals surface area contributed by atoms with E-state index in [9.17, 15) is 27.6 Å². The number of amides is 2. The number of hydrogen-bond acceptors (Lipinski definition) is 8. The number of halogens is 5. The van der Waals surface area contributed by atoms with E-state index in [4.69, 9.17) is 10.5 Å². The third kappa shape index (κ3) is 4.99. The predicted octanol–water partition coefficient (Wildman–Crippen LogP) is 5.85. The topological polar surface area (TPSA) is 112 Å². The summed E-state index contributed by atoms with van der Waals surface area (Å²) in [7, 11) is 4.48. The molecule has 0 bridgehead atoms. The second kappa shape index (κ2) is 11.0. The Balaban J connectivity index is 1.80. The van der Waals surface area contributed by atoms with Gasteiger partial charge in [0.05, 0.1) is 22.9 Å². The van der Waals surface area contributed by atoms with Gasteiger partial charge < -0.3 is 25.2 Å². The third-order valence-electron chi connectivity index (χ3n) is 7.45. The van der Waals surface area contributed by atoms with E-state index in [0.717, 1.165) is 18.2 Å². The van der Waals surface area contributed by atoms with Crippen LogP contribution in [0.1, 0.15) is 24.5 Å². The van der Waals surface area contributed by atoms with Crippen molar-refractivity contribution in [2.75, 3.05) is 51.5 Å². The standard InChI is InChI=1S/C28H26F5N7O2S/c1-5-40(13-8-9-39(12-13)27(41)38(2)3)25-15-10-17(28(31,32)33)20(21(30)22(15)36-26(37-25)42-4)14-6-7-18(29)23-19(14)16(11-34)24(35)43-23/h6-7,10,13H,5,8-9,12,35H2,1-4H3. The van der Waals surface area contributed by atoms with Gasteiger partial charge in [-0.3, -0.25) is 0 Å². The van der Waals surface area contributed by atoms with Crippen LogP contribution in [0.3, 0.4) is 0 Å². The van der Waals surface area contributed by atoms with Crippen LogP contribution in [0.25, 0.3) is 32.1 Å². The number of carbonyl (C=O) groups excluding carboxylic acids is 1. The molecule has 1 aliphatic rings. The second-order valence-corrected chi connectivity index (χ2v) is 11.2. The van der Waals surface area contributed by atoms with Crippen LogP contribution in [0, 0.1) is 23.0 Å². The predicted molar refractivity (Wildman–Crippen MR) is 153 cm³/mol. The Hall–Kier alpha value is -4.45. The van der Waals surface area contributed by atoms with Crippen LogP contribution in [0.4, 0.5) is 37.6 Å². The number of carbonyl (C=O) groups is 1. The largest absolute Gasteiger partial charge is 0.467 e. The number of urea groups is 1. The van der Waals surface area contributed by atoms with Gasteiger partial charge in [-0.1, -0.05) is 6.07 Å². The molecule has 2 amide bonds. The van der Waals surface area contributed by atoms with Crippen molar-refractivity contribution in [1.29, 1.82) is 5.26 Å². The summed E-state index contributed by atoms with van der Waals surface area (Å²) in [6, 6.07) is 3.64. The summed E-state index contributed by atoms with van der Waals surface area (Å²) in [5.41, 5.74) is 2.56. The lowest BCUT2D eigenvalue weighted by molar-refractivity contribution is -0.137. The summed E-state index contributed by atoms with van der Waals surface area (Å²) in [6.07, 6.45) is -4.58. The Morgan fingerprint density at radius 1 is 1.28 bits per heavy atom. The fourth-order valence-electron chi connectivity index (χ4n) is 5.53. The van der Waals surface area contributed by atoms with Crippen LogP contribution in [-0.4, -0.2) is 72.7 Å². The van der Waals surface area contributed by atoms with Crippen LogP contribution >= 0.6 is 11.3 Å². The highest BCUT2D eigenvalue weighted by molar-refractivity contribution is 7.23. The minimum atomic E-state index is -5.07. The molecule has 5 rings (SSSR count). The van der Waals surface area contributed by atoms with Crippen molar-refractivity contribution in [3.8, 4) is 23.2 Å². The first kappa shape index (κ1) is 30.0. The van der Waals surface area contributed by atoms with Gasteiger partial charge in [-0.15, -0.1) is 11.3 Å². The van der Waals surface area contributed by atoms with E-state index in [0.29, 0.717) is 24.3 Å². The van der Waals surface area contributed by atoms with Crippen LogP contribution in [0.15, 0.2) is 18.2 Å². The van der Waals surface area contributed by atoms with Gasteiger partial charge in [0.25, 0.3) is 0 Å². The Bertz CT molecular complexity index is 1800. The molecule has 226 valence electrons. The molecule has 1 unspecified atom stereocenters. The van der Waals surface area contributed by atoms with E-state index in [2.05, 4.69) is 9.97 Å². The highest BCUT2D eigenvalue weighted by atomic mass is 32.1. The second-order valence-electron chi connectivity index (χ2n) is 10.1. The Morgan fingerprint density at radius 3 is 2.60 bits per heavy atom. The van der Waals surface area contributed by atoms with Gasteiger partial charge in [-0.05, 0) is 31.0 Å². The molecule has 15 heteroatoms. The first-order valence-electron chi connectivity index (χ1n) is 13.1. The van der Waals surface area contributed by atoms with E-state index < -0.39 is 34.5 Å². The van der Waals surface area contributed by atoms with Crippen LogP contribution in [-0.2, 0) is 6.18 Å². The zero-order chi connectivity index (χ0) is 31.4. The Labute approximate surface area is 246 Å². The maximum absolute atomic E-state index is 16.6. The van der Waals surface area contributed by atoms with Crippen molar-refractivity contribution in [2.24, 2.45) is 0 Å². The zero-order valence-electron chi connectivity index (χ0n) is 23.5. The number of nitrogens with two attached hydrogens (primary N) is 1. The number of likely N-dealkylation sites (N-methyl/N-ethyl adjacent to an activating group) is 1. The van der Waals surface area contributed by atoms with E-state index in [1.54, 1.807) is 36.9 Å². The molecule has 1 aliphatic heterocycles. The van der Waals surface area contributed by atoms with Crippen LogP contribution in [0.5, 0.6) is 6.01 Å². The smallest absolute Gasteiger partial charge is 0.417 e. The number of hydrogen-bond donors (Lipinski definition) is 1. The van der Waals surface area contributed by atoms with E-state index in [-0.39, 0.29) is 68.6 Å². The number of benzene rings is 2. The van der Waals surface area contributed by atoms with Crippen molar-refractivity contribution >= 4 is 49.2 Å². The zero-order valence-corrected chi connectivity index (χ0v) is 24.3. The van der Waals surface area contributed by atoms with Crippen molar-refractivity contribution in [3.63, 3.8) is 0 Å². The van der Waals surface area contributed by atoms with Gasteiger partial charge in [-0.2, -0.15) is 28.4 Å². The lowest BCUT2D eigenvalue weighted by Gasteiger charge is -2.31. The maximum Gasteiger partial charge on any atom is 0.417 e. The molecule has 1 atom stereocenters. The summed E-state index contributed by atoms with van der Waals surface area (Å²) in [5, 5.41) is 9.13.